The van der Waals surface area contributed by atoms with E-state index in [1.807, 2.05) is 23.3 Å². The van der Waals surface area contributed by atoms with Crippen LogP contribution in [0.25, 0.3) is 0 Å². The van der Waals surface area contributed by atoms with Crippen LogP contribution in [0.4, 0.5) is 0 Å². The van der Waals surface area contributed by atoms with E-state index in [0.29, 0.717) is 6.04 Å². The summed E-state index contributed by atoms with van der Waals surface area (Å²) in [6, 6.07) is 8.14. The van der Waals surface area contributed by atoms with Gasteiger partial charge in [0.2, 0.25) is 5.91 Å². The van der Waals surface area contributed by atoms with Crippen LogP contribution in [0.5, 0.6) is 5.75 Å². The molecule has 7 heteroatoms. The molecule has 1 heterocycles. The Morgan fingerprint density at radius 3 is 2.60 bits per heavy atom. The highest BCUT2D eigenvalue weighted by Crippen LogP contribution is 2.25. The number of nitrogens with zero attached hydrogens (tertiary/aromatic N) is 2. The van der Waals surface area contributed by atoms with Gasteiger partial charge in [0.1, 0.15) is 5.75 Å². The minimum absolute atomic E-state index is 0. The Bertz CT molecular complexity index is 539. The van der Waals surface area contributed by atoms with Gasteiger partial charge < -0.3 is 15.4 Å². The van der Waals surface area contributed by atoms with Crippen molar-refractivity contribution in [2.45, 2.75) is 25.4 Å². The number of halogens is 1. The number of benzene rings is 1. The standard InChI is InChI=1S/C18H29N3O2S.ClH/c1-14(15-5-4-6-16(13-15)23-2)20-8-10-21(11-9-20)18(22)17(19)7-12-24-3;/h4-6,13-14,17H,7-12,19H2,1-3H3;1H/t14?,17-;/m0./s1. The number of methoxy groups -OCH3 is 1. The summed E-state index contributed by atoms with van der Waals surface area (Å²) in [5, 5.41) is 0. The molecule has 1 fully saturated rings. The summed E-state index contributed by atoms with van der Waals surface area (Å²) in [7, 11) is 1.69. The zero-order chi connectivity index (χ0) is 17.5. The molecule has 1 saturated heterocycles. The van der Waals surface area contributed by atoms with Crippen LogP contribution in [-0.4, -0.2) is 67.0 Å². The Morgan fingerprint density at radius 1 is 1.32 bits per heavy atom. The van der Waals surface area contributed by atoms with E-state index in [0.717, 1.165) is 44.1 Å². The molecule has 2 N–H and O–H groups in total. The van der Waals surface area contributed by atoms with Crippen LogP contribution in [0.2, 0.25) is 0 Å². The van der Waals surface area contributed by atoms with Gasteiger partial charge in [-0.3, -0.25) is 9.69 Å². The number of nitrogens with two attached hydrogens (primary N) is 1. The van der Waals surface area contributed by atoms with Crippen molar-refractivity contribution in [1.29, 1.82) is 0 Å². The molecule has 1 unspecified atom stereocenters. The molecule has 1 aromatic carbocycles. The fourth-order valence-corrected chi connectivity index (χ4v) is 3.53. The summed E-state index contributed by atoms with van der Waals surface area (Å²) in [6.45, 7) is 5.45. The SMILES string of the molecule is COc1cccc(C(C)N2CCN(C(=O)[C@@H](N)CCSC)CC2)c1.Cl. The van der Waals surface area contributed by atoms with Crippen LogP contribution in [0.1, 0.15) is 24.9 Å². The summed E-state index contributed by atoms with van der Waals surface area (Å²) in [4.78, 5) is 16.7. The van der Waals surface area contributed by atoms with Crippen LogP contribution < -0.4 is 10.5 Å². The lowest BCUT2D eigenvalue weighted by Gasteiger charge is -2.39. The third kappa shape index (κ3) is 6.06. The van der Waals surface area contributed by atoms with Crippen LogP contribution in [0.15, 0.2) is 24.3 Å². The molecule has 0 aromatic heterocycles. The first-order chi connectivity index (χ1) is 11.6. The normalized spacial score (nSPS) is 17.5. The van der Waals surface area contributed by atoms with Crippen molar-refractivity contribution in [2.24, 2.45) is 5.73 Å². The number of hydrogen-bond donors (Lipinski definition) is 1. The Hall–Kier alpha value is -0.950. The number of rotatable bonds is 7. The maximum atomic E-state index is 12.4. The summed E-state index contributed by atoms with van der Waals surface area (Å²) in [6.07, 6.45) is 2.79. The summed E-state index contributed by atoms with van der Waals surface area (Å²) in [5.41, 5.74) is 7.26. The Morgan fingerprint density at radius 2 is 2.00 bits per heavy atom. The molecule has 0 bridgehead atoms. The predicted octanol–water partition coefficient (Wildman–Crippen LogP) is 2.40. The van der Waals surface area contributed by atoms with E-state index in [2.05, 4.69) is 24.0 Å². The molecule has 2 atom stereocenters. The van der Waals surface area contributed by atoms with Gasteiger partial charge in [0.05, 0.1) is 13.2 Å². The molecular weight excluding hydrogens is 358 g/mol. The summed E-state index contributed by atoms with van der Waals surface area (Å²) >= 11 is 1.73. The number of ether oxygens (including phenoxy) is 1. The monoisotopic (exact) mass is 387 g/mol. The van der Waals surface area contributed by atoms with E-state index >= 15 is 0 Å². The van der Waals surface area contributed by atoms with Crippen molar-refractivity contribution < 1.29 is 9.53 Å². The van der Waals surface area contributed by atoms with Crippen molar-refractivity contribution in [2.75, 3.05) is 45.3 Å². The third-order valence-corrected chi connectivity index (χ3v) is 5.34. The summed E-state index contributed by atoms with van der Waals surface area (Å²) < 4.78 is 5.31. The van der Waals surface area contributed by atoms with E-state index in [4.69, 9.17) is 10.5 Å². The highest BCUT2D eigenvalue weighted by atomic mass is 35.5. The molecule has 1 amide bonds. The smallest absolute Gasteiger partial charge is 0.239 e. The first kappa shape index (κ1) is 22.1. The van der Waals surface area contributed by atoms with Crippen molar-refractivity contribution in [3.05, 3.63) is 29.8 Å². The van der Waals surface area contributed by atoms with Crippen molar-refractivity contribution in [1.82, 2.24) is 9.80 Å². The molecule has 1 aliphatic rings. The van der Waals surface area contributed by atoms with Crippen LogP contribution in [-0.2, 0) is 4.79 Å². The third-order valence-electron chi connectivity index (χ3n) is 4.70. The second-order valence-electron chi connectivity index (χ2n) is 6.20. The maximum Gasteiger partial charge on any atom is 0.239 e. The molecule has 1 aliphatic heterocycles. The van der Waals surface area contributed by atoms with Crippen molar-refractivity contribution in [3.63, 3.8) is 0 Å². The van der Waals surface area contributed by atoms with E-state index in [9.17, 15) is 4.79 Å². The van der Waals surface area contributed by atoms with Gasteiger partial charge in [0, 0.05) is 32.2 Å². The second-order valence-corrected chi connectivity index (χ2v) is 7.19. The fraction of sp³-hybridized carbons (Fsp3) is 0.611. The number of carbonyl (C=O) groups excluding carboxylic acids is 1. The largest absolute Gasteiger partial charge is 0.497 e. The van der Waals surface area contributed by atoms with Gasteiger partial charge in [-0.25, -0.2) is 0 Å². The number of hydrogen-bond acceptors (Lipinski definition) is 5. The quantitative estimate of drug-likeness (QED) is 0.778. The van der Waals surface area contributed by atoms with Crippen LogP contribution in [0, 0.1) is 0 Å². The van der Waals surface area contributed by atoms with E-state index in [-0.39, 0.29) is 24.4 Å². The molecule has 0 radical (unpaired) electrons. The zero-order valence-corrected chi connectivity index (χ0v) is 16.9. The highest BCUT2D eigenvalue weighted by Gasteiger charge is 2.27. The van der Waals surface area contributed by atoms with Crippen LogP contribution >= 0.6 is 24.2 Å². The molecule has 5 nitrogen and oxygen atoms in total. The lowest BCUT2D eigenvalue weighted by atomic mass is 10.1. The van der Waals surface area contributed by atoms with Crippen molar-refractivity contribution in [3.8, 4) is 5.75 Å². The Labute approximate surface area is 161 Å². The Balaban J connectivity index is 0.00000312. The molecule has 142 valence electrons. The maximum absolute atomic E-state index is 12.4. The average Bonchev–Trinajstić information content (AvgIpc) is 2.65. The number of piperazine rings is 1. The Kier molecular flexibility index (Phi) is 9.64. The van der Waals surface area contributed by atoms with Crippen molar-refractivity contribution >= 4 is 30.1 Å². The van der Waals surface area contributed by atoms with E-state index < -0.39 is 0 Å². The minimum atomic E-state index is -0.361. The molecule has 25 heavy (non-hydrogen) atoms. The molecular formula is C18H30ClN3O2S. The molecule has 0 aliphatic carbocycles. The second kappa shape index (κ2) is 10.9. The average molecular weight is 388 g/mol. The predicted molar refractivity (Wildman–Crippen MR) is 108 cm³/mol. The lowest BCUT2D eigenvalue weighted by Crippen LogP contribution is -2.53. The first-order valence-corrected chi connectivity index (χ1v) is 9.87. The zero-order valence-electron chi connectivity index (χ0n) is 15.3. The molecule has 1 aromatic rings. The van der Waals surface area contributed by atoms with Gasteiger partial charge in [0.15, 0.2) is 0 Å². The topological polar surface area (TPSA) is 58.8 Å². The molecule has 0 spiro atoms. The lowest BCUT2D eigenvalue weighted by molar-refractivity contribution is -0.134. The fourth-order valence-electron chi connectivity index (χ4n) is 3.04. The van der Waals surface area contributed by atoms with E-state index in [1.165, 1.54) is 5.56 Å². The highest BCUT2D eigenvalue weighted by molar-refractivity contribution is 7.98. The van der Waals surface area contributed by atoms with E-state index in [1.54, 1.807) is 18.9 Å². The molecule has 2 rings (SSSR count). The van der Waals surface area contributed by atoms with Crippen LogP contribution in [0.3, 0.4) is 0 Å². The number of amides is 1. The van der Waals surface area contributed by atoms with Gasteiger partial charge in [-0.1, -0.05) is 12.1 Å². The molecule has 0 saturated carbocycles. The minimum Gasteiger partial charge on any atom is -0.497 e. The van der Waals surface area contributed by atoms with Gasteiger partial charge in [-0.05, 0) is 43.0 Å². The number of carbonyl (C=O) groups is 1. The number of thioether (sulfide) groups is 1. The van der Waals surface area contributed by atoms with Gasteiger partial charge in [0.25, 0.3) is 0 Å². The van der Waals surface area contributed by atoms with Gasteiger partial charge in [-0.15, -0.1) is 12.4 Å². The van der Waals surface area contributed by atoms with Gasteiger partial charge >= 0.3 is 0 Å². The first-order valence-electron chi connectivity index (χ1n) is 8.48. The summed E-state index contributed by atoms with van der Waals surface area (Å²) in [5.74, 6) is 1.91. The van der Waals surface area contributed by atoms with Gasteiger partial charge in [-0.2, -0.15) is 11.8 Å².